The third-order valence-electron chi connectivity index (χ3n) is 22.3. The van der Waals surface area contributed by atoms with Crippen LogP contribution < -0.4 is 21.2 Å². The fraction of sp³-hybridized carbons (Fsp3) is 0.0179. The van der Waals surface area contributed by atoms with Crippen molar-refractivity contribution in [3.05, 3.63) is 467 Å². The number of aryl methyl sites for hydroxylation is 1. The van der Waals surface area contributed by atoms with Crippen molar-refractivity contribution in [2.24, 2.45) is 0 Å². The van der Waals surface area contributed by atoms with Crippen LogP contribution in [0.5, 0.6) is 17.2 Å². The smallest absolute Gasteiger partial charge is 0.649 e. The first-order valence-corrected chi connectivity index (χ1v) is 44.8. The number of para-hydroxylation sites is 8. The van der Waals surface area contributed by atoms with Crippen molar-refractivity contribution < 1.29 is 12.8 Å². The van der Waals surface area contributed by atoms with Gasteiger partial charge in [-0.1, -0.05) is 315 Å². The van der Waals surface area contributed by atoms with Gasteiger partial charge in [0.05, 0.1) is 47.0 Å². The Hall–Kier alpha value is -14.4. The highest BCUT2D eigenvalue weighted by atomic mass is 31.0. The first kappa shape index (κ1) is 84.8. The molecule has 10 nitrogen and oxygen atoms in total. The second-order valence-corrected chi connectivity index (χ2v) is 31.4. The first-order valence-electron chi connectivity index (χ1n) is 41.9. The SMILES string of the molecule is Cc1ccc2cccc([O][Al][O]c3ccc(-c4ccccc4)cc3)c2n1.N=P.[2HH].[AlH][O]c1cccc2cccnc12.[B]CP.c1ccc(N(c2ccc(-c3ccc(N(c4ccccc4)c4cccc5ccccc45)cc3)cc2)c2cccc3ccccc23)cc1.c1ccc2c(c1)c1ccccc1n2-c1ccc(-c2ccc(-n3c4ccccc4c4ccccc43)cc2)cc1. The molecule has 608 valence electrons. The lowest BCUT2D eigenvalue weighted by Gasteiger charge is -2.27. The lowest BCUT2D eigenvalue weighted by Crippen LogP contribution is -2.11. The van der Waals surface area contributed by atoms with Crippen molar-refractivity contribution >= 4 is 180 Å². The minimum atomic E-state index is -0.665. The molecule has 0 spiro atoms. The normalized spacial score (nSPS) is 10.8. The molecule has 0 aliphatic heterocycles. The monoisotopic (exact) mass is 1710 g/mol. The molecule has 4 aromatic heterocycles. The zero-order valence-corrected chi connectivity index (χ0v) is 74.7. The summed E-state index contributed by atoms with van der Waals surface area (Å²) in [6.07, 6.45) is 1.77. The Kier molecular flexibility index (Phi) is 27.3. The van der Waals surface area contributed by atoms with Crippen LogP contribution in [0.2, 0.25) is 0 Å². The van der Waals surface area contributed by atoms with E-state index in [2.05, 4.69) is 417 Å². The molecule has 0 fully saturated rings. The molecule has 0 aliphatic rings. The molecule has 0 bridgehead atoms. The van der Waals surface area contributed by atoms with Gasteiger partial charge in [-0.25, -0.2) is 4.98 Å². The van der Waals surface area contributed by atoms with Crippen LogP contribution in [0, 0.1) is 12.1 Å². The maximum absolute atomic E-state index is 5.89. The lowest BCUT2D eigenvalue weighted by molar-refractivity contribution is 0.461. The van der Waals surface area contributed by atoms with Gasteiger partial charge in [0, 0.05) is 90.5 Å². The van der Waals surface area contributed by atoms with E-state index in [-0.39, 0.29) is 1.43 Å². The summed E-state index contributed by atoms with van der Waals surface area (Å²) >= 11 is 0.801. The first-order chi connectivity index (χ1) is 62.8. The van der Waals surface area contributed by atoms with Crippen LogP contribution in [-0.2, 0) is 0 Å². The zero-order chi connectivity index (χ0) is 86.6. The molecule has 0 saturated carbocycles. The summed E-state index contributed by atoms with van der Waals surface area (Å²) in [7, 11) is 9.39. The Bertz CT molecular complexity index is 7040. The Morgan fingerprint density at radius 3 is 1.09 bits per heavy atom. The quantitative estimate of drug-likeness (QED) is 0.0761. The van der Waals surface area contributed by atoms with E-state index in [9.17, 15) is 0 Å². The summed E-state index contributed by atoms with van der Waals surface area (Å²) in [5, 5.41) is 17.8. The van der Waals surface area contributed by atoms with Gasteiger partial charge < -0.3 is 30.3 Å². The van der Waals surface area contributed by atoms with Crippen molar-refractivity contribution in [1.82, 2.24) is 19.1 Å². The van der Waals surface area contributed by atoms with Crippen LogP contribution in [0.3, 0.4) is 0 Å². The Labute approximate surface area is 762 Å². The number of benzene rings is 18. The van der Waals surface area contributed by atoms with E-state index < -0.39 is 15.9 Å². The van der Waals surface area contributed by atoms with Crippen molar-refractivity contribution in [3.8, 4) is 62.0 Å². The molecule has 4 heterocycles. The summed E-state index contributed by atoms with van der Waals surface area (Å²) in [6.45, 7) is 1.98. The summed E-state index contributed by atoms with van der Waals surface area (Å²) in [5.41, 5.74) is 24.0. The van der Waals surface area contributed by atoms with Gasteiger partial charge in [-0.2, -0.15) is 0 Å². The van der Waals surface area contributed by atoms with Crippen LogP contribution in [0.1, 0.15) is 7.12 Å². The minimum absolute atomic E-state index is 0. The third-order valence-corrected chi connectivity index (χ3v) is 23.3. The van der Waals surface area contributed by atoms with Gasteiger partial charge >= 0.3 is 32.5 Å². The summed E-state index contributed by atoms with van der Waals surface area (Å²) in [6, 6.07) is 161. The van der Waals surface area contributed by atoms with E-state index in [1.807, 2.05) is 91.9 Å². The minimum Gasteiger partial charge on any atom is -0.649 e. The van der Waals surface area contributed by atoms with E-state index in [1.165, 1.54) is 127 Å². The van der Waals surface area contributed by atoms with Gasteiger partial charge in [0.1, 0.15) is 22.5 Å². The molecule has 22 aromatic rings. The Morgan fingerprint density at radius 2 is 0.654 bits per heavy atom. The molecule has 0 amide bonds. The van der Waals surface area contributed by atoms with Crippen molar-refractivity contribution in [3.63, 3.8) is 0 Å². The number of hydrogen-bond acceptors (Lipinski definition) is 8. The second kappa shape index (κ2) is 40.9. The van der Waals surface area contributed by atoms with E-state index in [0.717, 1.165) is 78.9 Å². The average molecular weight is 1710 g/mol. The highest BCUT2D eigenvalue weighted by molar-refractivity contribution is 7.19. The Balaban J connectivity index is 0.000000132. The topological polar surface area (TPSA) is 93.7 Å². The van der Waals surface area contributed by atoms with Gasteiger partial charge in [-0.3, -0.25) is 10.1 Å². The summed E-state index contributed by atoms with van der Waals surface area (Å²) < 4.78 is 21.6. The number of rotatable bonds is 16. The molecule has 22 rings (SSSR count). The van der Waals surface area contributed by atoms with Gasteiger partial charge in [-0.05, 0) is 206 Å². The molecule has 1 unspecified atom stereocenters. The van der Waals surface area contributed by atoms with Crippen molar-refractivity contribution in [1.29, 1.82) is 5.16 Å². The fourth-order valence-corrected chi connectivity index (χ4v) is 17.3. The number of hydrogen-bond donors (Lipinski definition) is 1. The average Bonchev–Trinajstić information content (AvgIpc) is 1.59. The highest BCUT2D eigenvalue weighted by Gasteiger charge is 2.20. The number of nitrogens with one attached hydrogen (secondary N) is 1. The van der Waals surface area contributed by atoms with Crippen LogP contribution in [0.15, 0.2) is 461 Å². The molecular weight excluding hydrogens is 1620 g/mol. The number of pyridine rings is 2. The Morgan fingerprint density at radius 1 is 0.331 bits per heavy atom. The van der Waals surface area contributed by atoms with Gasteiger partial charge in [0.15, 0.2) is 0 Å². The predicted octanol–water partition coefficient (Wildman–Crippen LogP) is 29.9. The van der Waals surface area contributed by atoms with E-state index in [4.69, 9.17) is 24.4 Å². The predicted molar refractivity (Wildman–Crippen MR) is 545 cm³/mol. The van der Waals surface area contributed by atoms with Gasteiger partial charge in [0.25, 0.3) is 0 Å². The standard InChI is InChI=1S/C44H32N2.C36H24N2.C12H10O.C10H9NO.C9H7NO.CH4BP.2Al.H2NP.H2.H/c1-3-17-37(18-4-1)45(43-23-11-15-35-13-7-9-21-41(35)43)39-29-25-33(26-30-39)34-27-31-40(32-28-34)46(38-19-5-2-6-20-38)44-24-12-16-36-14-8-10-22-42(36)44;1-5-13-33-29(9-1)30-10-2-6-14-34(30)37(33)27-21-17-25(18-22-27)26-19-23-28(24-20-26)38-35-15-7-3-11-31(35)32-12-4-8-16-36(32)38;13-12-8-6-11(7-9-12)10-4-2-1-3-5-10;1-7-5-6-8-3-2-4-9(12)10(8)11-7;11-8-5-1-3-7-4-2-6-10-9(7)8;2-1-3;;;1-2;;/h1-32H;1-24H;1-9,13H;2-6,12H,1H3;1-6,11H;1,3H2;;;1-2H;1H;/q;;;;;;+1;+2;;;/p-3/i;;;;;;;;;1+1;. The molecule has 0 saturated heterocycles. The largest absolute Gasteiger partial charge is 0.881 e. The molecule has 0 aliphatic carbocycles. The molecule has 18 aromatic carbocycles. The zero-order valence-electron chi connectivity index (χ0n) is 69.9. The van der Waals surface area contributed by atoms with E-state index in [1.54, 1.807) is 6.20 Å². The van der Waals surface area contributed by atoms with Crippen molar-refractivity contribution in [2.75, 3.05) is 15.9 Å². The van der Waals surface area contributed by atoms with Gasteiger partial charge in [0.2, 0.25) is 0 Å². The van der Waals surface area contributed by atoms with E-state index in [0.29, 0.717) is 6.06 Å². The summed E-state index contributed by atoms with van der Waals surface area (Å²) in [4.78, 5) is 13.5. The number of fused-ring (bicyclic) bond motifs is 10. The number of aromatic nitrogens is 4. The number of anilines is 6. The van der Waals surface area contributed by atoms with Crippen LogP contribution in [0.4, 0.5) is 34.1 Å². The third kappa shape index (κ3) is 19.0. The lowest BCUT2D eigenvalue weighted by atomic mass is 10.0. The van der Waals surface area contributed by atoms with Crippen LogP contribution in [0.25, 0.3) is 132 Å². The second-order valence-electron chi connectivity index (χ2n) is 30.0. The van der Waals surface area contributed by atoms with Crippen molar-refractivity contribution in [2.45, 2.75) is 6.92 Å². The maximum Gasteiger partial charge on any atom is 0.881 e. The maximum atomic E-state index is 5.89. The molecule has 127 heavy (non-hydrogen) atoms. The number of nitrogens with zero attached hydrogens (tertiary/aromatic N) is 6. The van der Waals surface area contributed by atoms with Gasteiger partial charge in [-0.15, -0.1) is 9.24 Å². The molecule has 4 radical (unpaired) electrons. The van der Waals surface area contributed by atoms with E-state index >= 15 is 0 Å². The molecular formula is C112H88Al2BN7O3P2. The summed E-state index contributed by atoms with van der Waals surface area (Å²) in [5.74, 6) is 2.41. The fourth-order valence-electron chi connectivity index (χ4n) is 16.4. The molecule has 1 N–H and O–H groups in total. The van der Waals surface area contributed by atoms with Crippen LogP contribution >= 0.6 is 18.3 Å². The molecule has 15 heteroatoms. The van der Waals surface area contributed by atoms with Crippen LogP contribution in [-0.4, -0.2) is 65.5 Å². The molecule has 1 atom stereocenters. The highest BCUT2D eigenvalue weighted by Crippen LogP contribution is 2.44.